The minimum absolute atomic E-state index is 0.363. The molecule has 1 heterocycles. The molecule has 0 fully saturated rings. The smallest absolute Gasteiger partial charge is 0.143 e. The Morgan fingerprint density at radius 1 is 1.33 bits per heavy atom. The molecule has 4 nitrogen and oxygen atoms in total. The molecule has 1 aromatic heterocycles. The van der Waals surface area contributed by atoms with Crippen LogP contribution < -0.4 is 11.3 Å². The molecule has 0 aliphatic heterocycles. The Labute approximate surface area is 109 Å². The van der Waals surface area contributed by atoms with Gasteiger partial charge in [0.2, 0.25) is 0 Å². The zero-order valence-electron chi connectivity index (χ0n) is 9.74. The van der Waals surface area contributed by atoms with Crippen molar-refractivity contribution in [2.45, 2.75) is 13.3 Å². The van der Waals surface area contributed by atoms with E-state index in [0.717, 1.165) is 11.3 Å². The number of nitrogens with two attached hydrogens (primary N) is 1. The number of benzene rings is 1. The van der Waals surface area contributed by atoms with Gasteiger partial charge in [-0.1, -0.05) is 17.7 Å². The third-order valence-electron chi connectivity index (χ3n) is 2.41. The molecule has 0 unspecified atom stereocenters. The van der Waals surface area contributed by atoms with Gasteiger partial charge in [0.15, 0.2) is 0 Å². The van der Waals surface area contributed by atoms with Gasteiger partial charge in [0.05, 0.1) is 0 Å². The summed E-state index contributed by atoms with van der Waals surface area (Å²) in [7, 11) is 0. The van der Waals surface area contributed by atoms with E-state index in [-0.39, 0.29) is 5.82 Å². The van der Waals surface area contributed by atoms with Crippen LogP contribution in [0.4, 0.5) is 10.2 Å². The maximum atomic E-state index is 12.9. The van der Waals surface area contributed by atoms with Gasteiger partial charge in [-0.05, 0) is 24.6 Å². The Bertz CT molecular complexity index is 574. The molecule has 0 saturated heterocycles. The molecule has 0 atom stereocenters. The maximum Gasteiger partial charge on any atom is 0.143 e. The fourth-order valence-electron chi connectivity index (χ4n) is 1.62. The second kappa shape index (κ2) is 5.29. The fraction of sp³-hybridized carbons (Fsp3) is 0.167. The van der Waals surface area contributed by atoms with Crippen LogP contribution in [0.15, 0.2) is 24.3 Å². The molecule has 0 aliphatic rings. The number of halogens is 2. The Morgan fingerprint density at radius 2 is 2.11 bits per heavy atom. The standard InChI is InChI=1S/C12H12ClFN4/c1-7-4-12(18-15)17-11(16-7)5-8-2-3-9(14)6-10(8)13/h2-4,6H,5,15H2,1H3,(H,16,17,18). The number of aromatic nitrogens is 2. The molecule has 0 radical (unpaired) electrons. The molecule has 18 heavy (non-hydrogen) atoms. The topological polar surface area (TPSA) is 63.8 Å². The van der Waals surface area contributed by atoms with Crippen molar-refractivity contribution in [2.75, 3.05) is 5.43 Å². The van der Waals surface area contributed by atoms with Crippen molar-refractivity contribution >= 4 is 17.4 Å². The Balaban J connectivity index is 2.30. The zero-order chi connectivity index (χ0) is 13.1. The van der Waals surface area contributed by atoms with Crippen LogP contribution in [-0.4, -0.2) is 9.97 Å². The van der Waals surface area contributed by atoms with Gasteiger partial charge < -0.3 is 5.43 Å². The largest absolute Gasteiger partial charge is 0.308 e. The second-order valence-corrected chi connectivity index (χ2v) is 4.27. The second-order valence-electron chi connectivity index (χ2n) is 3.87. The molecule has 3 N–H and O–H groups in total. The normalized spacial score (nSPS) is 10.4. The lowest BCUT2D eigenvalue weighted by atomic mass is 10.1. The van der Waals surface area contributed by atoms with E-state index in [0.29, 0.717) is 23.1 Å². The van der Waals surface area contributed by atoms with Gasteiger partial charge >= 0.3 is 0 Å². The number of nitrogens with one attached hydrogen (secondary N) is 1. The summed E-state index contributed by atoms with van der Waals surface area (Å²) in [6, 6.07) is 5.99. The molecule has 2 aromatic rings. The van der Waals surface area contributed by atoms with Gasteiger partial charge in [-0.2, -0.15) is 0 Å². The van der Waals surface area contributed by atoms with Crippen LogP contribution in [0.25, 0.3) is 0 Å². The molecular formula is C12H12ClFN4. The van der Waals surface area contributed by atoms with Crippen molar-refractivity contribution < 1.29 is 4.39 Å². The highest BCUT2D eigenvalue weighted by Gasteiger charge is 2.07. The van der Waals surface area contributed by atoms with Gasteiger partial charge in [-0.3, -0.25) is 0 Å². The predicted molar refractivity (Wildman–Crippen MR) is 68.8 cm³/mol. The van der Waals surface area contributed by atoms with Crippen LogP contribution in [-0.2, 0) is 6.42 Å². The quantitative estimate of drug-likeness (QED) is 0.662. The summed E-state index contributed by atoms with van der Waals surface area (Å²) in [6.45, 7) is 1.85. The Hall–Kier alpha value is -1.72. The molecule has 0 amide bonds. The molecule has 6 heteroatoms. The lowest BCUT2D eigenvalue weighted by Crippen LogP contribution is -2.11. The number of rotatable bonds is 3. The van der Waals surface area contributed by atoms with Crippen LogP contribution in [0.3, 0.4) is 0 Å². The first-order valence-electron chi connectivity index (χ1n) is 5.33. The molecule has 0 saturated carbocycles. The first-order chi connectivity index (χ1) is 8.58. The number of anilines is 1. The average molecular weight is 267 g/mol. The first-order valence-corrected chi connectivity index (χ1v) is 5.71. The average Bonchev–Trinajstić information content (AvgIpc) is 2.32. The monoisotopic (exact) mass is 266 g/mol. The number of hydrogen-bond donors (Lipinski definition) is 2. The van der Waals surface area contributed by atoms with Crippen LogP contribution >= 0.6 is 11.6 Å². The van der Waals surface area contributed by atoms with Crippen molar-refractivity contribution in [1.29, 1.82) is 0 Å². The highest BCUT2D eigenvalue weighted by Crippen LogP contribution is 2.20. The summed E-state index contributed by atoms with van der Waals surface area (Å²) in [5.41, 5.74) is 4.04. The van der Waals surface area contributed by atoms with Crippen molar-refractivity contribution in [1.82, 2.24) is 9.97 Å². The molecule has 94 valence electrons. The summed E-state index contributed by atoms with van der Waals surface area (Å²) in [5, 5.41) is 0.363. The van der Waals surface area contributed by atoms with Gasteiger partial charge in [-0.15, -0.1) is 0 Å². The highest BCUT2D eigenvalue weighted by molar-refractivity contribution is 6.31. The Morgan fingerprint density at radius 3 is 2.78 bits per heavy atom. The third kappa shape index (κ3) is 2.94. The van der Waals surface area contributed by atoms with E-state index < -0.39 is 0 Å². The highest BCUT2D eigenvalue weighted by atomic mass is 35.5. The summed E-state index contributed by atoms with van der Waals surface area (Å²) in [5.74, 6) is 6.07. The van der Waals surface area contributed by atoms with Gasteiger partial charge in [-0.25, -0.2) is 20.2 Å². The maximum absolute atomic E-state index is 12.9. The SMILES string of the molecule is Cc1cc(NN)nc(Cc2ccc(F)cc2Cl)n1. The summed E-state index contributed by atoms with van der Waals surface area (Å²) < 4.78 is 12.9. The van der Waals surface area contributed by atoms with E-state index in [1.807, 2.05) is 6.92 Å². The van der Waals surface area contributed by atoms with Gasteiger partial charge in [0.1, 0.15) is 17.5 Å². The van der Waals surface area contributed by atoms with Crippen molar-refractivity contribution in [3.8, 4) is 0 Å². The summed E-state index contributed by atoms with van der Waals surface area (Å²) in [6.07, 6.45) is 0.426. The van der Waals surface area contributed by atoms with Crippen LogP contribution in [0.1, 0.15) is 17.1 Å². The molecule has 1 aromatic carbocycles. The van der Waals surface area contributed by atoms with E-state index in [1.165, 1.54) is 12.1 Å². The summed E-state index contributed by atoms with van der Waals surface area (Å²) in [4.78, 5) is 8.49. The molecule has 0 bridgehead atoms. The number of nitrogen functional groups attached to an aromatic ring is 1. The molecule has 0 spiro atoms. The predicted octanol–water partition coefficient (Wildman–Crippen LogP) is 2.45. The van der Waals surface area contributed by atoms with Gasteiger partial charge in [0.25, 0.3) is 0 Å². The number of hydrazine groups is 1. The zero-order valence-corrected chi connectivity index (χ0v) is 10.5. The molecule has 0 aliphatic carbocycles. The van der Waals surface area contributed by atoms with Gasteiger partial charge in [0, 0.05) is 23.2 Å². The minimum Gasteiger partial charge on any atom is -0.308 e. The van der Waals surface area contributed by atoms with E-state index >= 15 is 0 Å². The van der Waals surface area contributed by atoms with Crippen LogP contribution in [0.2, 0.25) is 5.02 Å². The lowest BCUT2D eigenvalue weighted by molar-refractivity contribution is 0.627. The van der Waals surface area contributed by atoms with Crippen LogP contribution in [0, 0.1) is 12.7 Å². The van der Waals surface area contributed by atoms with Crippen molar-refractivity contribution in [3.63, 3.8) is 0 Å². The van der Waals surface area contributed by atoms with E-state index in [4.69, 9.17) is 17.4 Å². The van der Waals surface area contributed by atoms with E-state index in [2.05, 4.69) is 15.4 Å². The number of hydrogen-bond acceptors (Lipinski definition) is 4. The lowest BCUT2D eigenvalue weighted by Gasteiger charge is -2.06. The molecular weight excluding hydrogens is 255 g/mol. The summed E-state index contributed by atoms with van der Waals surface area (Å²) >= 11 is 5.96. The molecule has 2 rings (SSSR count). The minimum atomic E-state index is -0.363. The third-order valence-corrected chi connectivity index (χ3v) is 2.76. The van der Waals surface area contributed by atoms with Crippen LogP contribution in [0.5, 0.6) is 0 Å². The number of nitrogens with zero attached hydrogens (tertiary/aromatic N) is 2. The Kier molecular flexibility index (Phi) is 3.74. The van der Waals surface area contributed by atoms with E-state index in [1.54, 1.807) is 12.1 Å². The van der Waals surface area contributed by atoms with E-state index in [9.17, 15) is 4.39 Å². The van der Waals surface area contributed by atoms with Crippen molar-refractivity contribution in [2.24, 2.45) is 5.84 Å². The number of aryl methyl sites for hydroxylation is 1. The van der Waals surface area contributed by atoms with Crippen molar-refractivity contribution in [3.05, 3.63) is 52.2 Å². The fourth-order valence-corrected chi connectivity index (χ4v) is 1.85. The first kappa shape index (κ1) is 12.7.